The highest BCUT2D eigenvalue weighted by Crippen LogP contribution is 2.51. The third-order valence-electron chi connectivity index (χ3n) is 8.50. The quantitative estimate of drug-likeness (QED) is 0.211. The molecule has 0 radical (unpaired) electrons. The number of benzene rings is 1. The summed E-state index contributed by atoms with van der Waals surface area (Å²) in [4.78, 5) is 61.5. The van der Waals surface area contributed by atoms with Crippen LogP contribution < -0.4 is 11.1 Å². The molecule has 242 valence electrons. The Morgan fingerprint density at radius 1 is 1.09 bits per heavy atom. The Bertz CT molecular complexity index is 1670. The van der Waals surface area contributed by atoms with Gasteiger partial charge in [0, 0.05) is 10.9 Å². The van der Waals surface area contributed by atoms with E-state index in [2.05, 4.69) is 15.6 Å². The van der Waals surface area contributed by atoms with E-state index in [1.807, 2.05) is 0 Å². The molecule has 0 unspecified atom stereocenters. The molecule has 0 saturated carbocycles. The van der Waals surface area contributed by atoms with E-state index in [-0.39, 0.29) is 18.7 Å². The summed E-state index contributed by atoms with van der Waals surface area (Å²) in [6, 6.07) is 1.81. The predicted molar refractivity (Wildman–Crippen MR) is 155 cm³/mol. The molecule has 5 heterocycles. The highest BCUT2D eigenvalue weighted by atomic mass is 32.2. The number of rotatable bonds is 7. The Kier molecular flexibility index (Phi) is 7.85. The van der Waals surface area contributed by atoms with E-state index in [0.717, 1.165) is 4.90 Å². The third-order valence-corrected chi connectivity index (χ3v) is 12.8. The van der Waals surface area contributed by atoms with Crippen molar-refractivity contribution in [2.75, 3.05) is 0 Å². The van der Waals surface area contributed by atoms with Crippen LogP contribution >= 0.6 is 11.8 Å². The highest BCUT2D eigenvalue weighted by Gasteiger charge is 2.70. The maximum atomic E-state index is 12.5. The molecule has 4 aliphatic heterocycles. The van der Waals surface area contributed by atoms with Crippen LogP contribution in [-0.4, -0.2) is 117 Å². The van der Waals surface area contributed by atoms with Gasteiger partial charge >= 0.3 is 11.9 Å². The van der Waals surface area contributed by atoms with Crippen molar-refractivity contribution in [1.82, 2.24) is 30.1 Å². The van der Waals surface area contributed by atoms with E-state index in [4.69, 9.17) is 5.73 Å². The number of amides is 3. The van der Waals surface area contributed by atoms with Gasteiger partial charge in [-0.25, -0.2) is 18.0 Å². The lowest BCUT2D eigenvalue weighted by Crippen LogP contribution is -2.71. The summed E-state index contributed by atoms with van der Waals surface area (Å²) in [5, 5.41) is 36.4. The van der Waals surface area contributed by atoms with Gasteiger partial charge in [0.2, 0.25) is 17.7 Å². The van der Waals surface area contributed by atoms with Gasteiger partial charge in [0.1, 0.15) is 39.4 Å². The summed E-state index contributed by atoms with van der Waals surface area (Å²) in [6.45, 7) is 4.72. The summed E-state index contributed by atoms with van der Waals surface area (Å²) in [5.74, 6) is -3.72. The first kappa shape index (κ1) is 32.2. The number of carboxylic acid groups (broad SMARTS) is 2. The zero-order chi connectivity index (χ0) is 33.2. The van der Waals surface area contributed by atoms with Crippen LogP contribution in [-0.2, 0) is 40.4 Å². The SMILES string of the molecule is CC1(C)S[C@@H]2[C@H](NC(=O)[C@H](N)c3ccc(O)cc3)C(=O)N2[C@H]1C(=O)O.C[C@]1(Cn2ccnn2)[C@H](C(=O)O)N2C(=O)C[C@H]2S1(=O)=O. The summed E-state index contributed by atoms with van der Waals surface area (Å²) in [5.41, 5.74) is 6.41. The molecule has 6 rings (SSSR count). The second kappa shape index (κ2) is 11.0. The Hall–Kier alpha value is -4.23. The minimum absolute atomic E-state index is 0.0606. The van der Waals surface area contributed by atoms with Crippen molar-refractivity contribution in [1.29, 1.82) is 0 Å². The van der Waals surface area contributed by atoms with Crippen molar-refractivity contribution >= 4 is 51.3 Å². The Morgan fingerprint density at radius 3 is 2.24 bits per heavy atom. The zero-order valence-corrected chi connectivity index (χ0v) is 25.8. The number of fused-ring (bicyclic) bond motifs is 2. The van der Waals surface area contributed by atoms with Crippen molar-refractivity contribution in [2.24, 2.45) is 5.73 Å². The number of aromatic hydroxyl groups is 1. The molecule has 2 aromatic rings. The molecule has 0 aliphatic carbocycles. The number of nitrogens with zero attached hydrogens (tertiary/aromatic N) is 5. The highest BCUT2D eigenvalue weighted by molar-refractivity contribution is 8.01. The molecule has 4 fully saturated rings. The van der Waals surface area contributed by atoms with Gasteiger partial charge in [-0.15, -0.1) is 16.9 Å². The van der Waals surface area contributed by atoms with Crippen molar-refractivity contribution in [3.8, 4) is 5.75 Å². The van der Waals surface area contributed by atoms with Gasteiger partial charge in [0.15, 0.2) is 15.9 Å². The van der Waals surface area contributed by atoms with Crippen LogP contribution in [0.15, 0.2) is 36.7 Å². The first-order valence-corrected chi connectivity index (χ1v) is 16.0. The monoisotopic (exact) mass is 665 g/mol. The van der Waals surface area contributed by atoms with Gasteiger partial charge in [-0.1, -0.05) is 17.3 Å². The largest absolute Gasteiger partial charge is 0.508 e. The van der Waals surface area contributed by atoms with E-state index in [9.17, 15) is 47.7 Å². The molecule has 6 N–H and O–H groups in total. The minimum atomic E-state index is -3.80. The minimum Gasteiger partial charge on any atom is -0.508 e. The number of nitrogens with one attached hydrogen (secondary N) is 1. The smallest absolute Gasteiger partial charge is 0.328 e. The van der Waals surface area contributed by atoms with Crippen molar-refractivity contribution in [3.63, 3.8) is 0 Å². The lowest BCUT2D eigenvalue weighted by Gasteiger charge is -2.43. The van der Waals surface area contributed by atoms with Crippen LogP contribution in [0.5, 0.6) is 5.75 Å². The molecule has 4 saturated heterocycles. The number of carbonyl (C=O) groups is 5. The summed E-state index contributed by atoms with van der Waals surface area (Å²) >= 11 is 1.35. The summed E-state index contributed by atoms with van der Waals surface area (Å²) in [6.07, 6.45) is 2.68. The second-order valence-corrected chi connectivity index (χ2v) is 16.2. The maximum Gasteiger partial charge on any atom is 0.328 e. The Labute approximate surface area is 260 Å². The van der Waals surface area contributed by atoms with E-state index in [0.29, 0.717) is 5.56 Å². The van der Waals surface area contributed by atoms with Crippen LogP contribution in [0.3, 0.4) is 0 Å². The maximum absolute atomic E-state index is 12.5. The molecular formula is C26H31N7O10S2. The molecule has 0 bridgehead atoms. The van der Waals surface area contributed by atoms with Crippen molar-refractivity contribution in [2.45, 2.75) is 78.1 Å². The van der Waals surface area contributed by atoms with Crippen LogP contribution in [0.25, 0.3) is 0 Å². The van der Waals surface area contributed by atoms with Gasteiger partial charge in [-0.05, 0) is 38.5 Å². The summed E-state index contributed by atoms with van der Waals surface area (Å²) in [7, 11) is -3.80. The predicted octanol–water partition coefficient (Wildman–Crippen LogP) is -1.50. The zero-order valence-electron chi connectivity index (χ0n) is 24.2. The van der Waals surface area contributed by atoms with Gasteiger partial charge in [0.25, 0.3) is 0 Å². The Balaban J connectivity index is 0.000000182. The topological polar surface area (TPSA) is 255 Å². The number of thioether (sulfide) groups is 1. The molecular weight excluding hydrogens is 634 g/mol. The number of hydrogen-bond acceptors (Lipinski definition) is 12. The average molecular weight is 666 g/mol. The molecule has 3 amide bonds. The first-order valence-electron chi connectivity index (χ1n) is 13.6. The molecule has 1 aromatic carbocycles. The standard InChI is InChI=1S/C16H19N3O5S.C10H12N4O5S/c1-16(2)11(15(23)24)19-13(22)10(14(19)25-16)18-12(21)9(17)7-3-5-8(20)6-4-7;1-10(5-13-3-2-11-12-13)8(9(16)17)14-6(15)4-7(14)20(10,18)19/h3-6,9-11,14,20H,17H2,1-2H3,(H,18,21)(H,23,24);2-3,7-8H,4-5H2,1H3,(H,16,17)/t9-,10-,11+,14-;7-,8+,10+/m11/s1. The van der Waals surface area contributed by atoms with E-state index in [1.165, 1.54) is 64.9 Å². The fourth-order valence-electron chi connectivity index (χ4n) is 6.15. The molecule has 0 spiro atoms. The fraction of sp³-hybridized carbons (Fsp3) is 0.500. The first-order chi connectivity index (χ1) is 20.9. The van der Waals surface area contributed by atoms with Gasteiger partial charge in [-0.2, -0.15) is 0 Å². The molecule has 19 heteroatoms. The second-order valence-electron chi connectivity index (χ2n) is 11.8. The number of nitrogens with two attached hydrogens (primary N) is 1. The lowest BCUT2D eigenvalue weighted by molar-refractivity contribution is -0.161. The molecule has 17 nitrogen and oxygen atoms in total. The number of sulfone groups is 1. The number of carboxylic acids is 2. The number of hydrogen-bond donors (Lipinski definition) is 5. The number of aliphatic carboxylic acids is 2. The third kappa shape index (κ3) is 5.07. The van der Waals surface area contributed by atoms with E-state index < -0.39 is 83.9 Å². The van der Waals surface area contributed by atoms with Crippen LogP contribution in [0.4, 0.5) is 0 Å². The number of aromatic nitrogens is 3. The molecule has 4 aliphatic rings. The van der Waals surface area contributed by atoms with Crippen molar-refractivity contribution < 1.29 is 47.7 Å². The van der Waals surface area contributed by atoms with Gasteiger partial charge < -0.3 is 36.2 Å². The lowest BCUT2D eigenvalue weighted by atomic mass is 9.95. The molecule has 45 heavy (non-hydrogen) atoms. The average Bonchev–Trinajstić information content (AvgIpc) is 3.59. The fourth-order valence-corrected chi connectivity index (χ4v) is 10.1. The summed E-state index contributed by atoms with van der Waals surface area (Å²) < 4.78 is 24.1. The molecule has 7 atom stereocenters. The Morgan fingerprint density at radius 2 is 1.71 bits per heavy atom. The van der Waals surface area contributed by atoms with Gasteiger partial charge in [0.05, 0.1) is 19.2 Å². The normalized spacial score (nSPS) is 31.0. The number of phenolic OH excluding ortho intramolecular Hbond substituents is 1. The van der Waals surface area contributed by atoms with Crippen molar-refractivity contribution in [3.05, 3.63) is 42.2 Å². The molecule has 1 aromatic heterocycles. The van der Waals surface area contributed by atoms with Crippen LogP contribution in [0.2, 0.25) is 0 Å². The van der Waals surface area contributed by atoms with Crippen LogP contribution in [0.1, 0.15) is 38.8 Å². The van der Waals surface area contributed by atoms with Crippen LogP contribution in [0, 0.1) is 0 Å². The van der Waals surface area contributed by atoms with E-state index in [1.54, 1.807) is 13.8 Å². The number of β-lactam (4-membered cyclic amide) rings is 2. The number of carbonyl (C=O) groups excluding carboxylic acids is 3. The van der Waals surface area contributed by atoms with E-state index >= 15 is 0 Å². The van der Waals surface area contributed by atoms with Gasteiger partial charge in [-0.3, -0.25) is 19.1 Å². The number of phenols is 1.